The molecule has 0 aliphatic rings. The zero-order valence-corrected chi connectivity index (χ0v) is 8.51. The Labute approximate surface area is 87.9 Å². The molecule has 0 aliphatic carbocycles. The Balaban J connectivity index is 1.90. The molecule has 0 aliphatic heterocycles. The van der Waals surface area contributed by atoms with E-state index in [1.807, 2.05) is 18.2 Å². The van der Waals surface area contributed by atoms with Crippen molar-refractivity contribution in [2.45, 2.75) is 12.8 Å². The van der Waals surface area contributed by atoms with Crippen LogP contribution in [0.3, 0.4) is 0 Å². The van der Waals surface area contributed by atoms with Gasteiger partial charge in [-0.15, -0.1) is 5.10 Å². The van der Waals surface area contributed by atoms with E-state index in [9.17, 15) is 0 Å². The van der Waals surface area contributed by atoms with Crippen LogP contribution in [0.5, 0.6) is 0 Å². The molecule has 15 heavy (non-hydrogen) atoms. The molecule has 0 saturated heterocycles. The number of nitrogens with one attached hydrogen (secondary N) is 2. The number of tetrazole rings is 1. The van der Waals surface area contributed by atoms with E-state index in [2.05, 4.69) is 45.0 Å². The highest BCUT2D eigenvalue weighted by atomic mass is 15.5. The maximum absolute atomic E-state index is 3.82. The third-order valence-corrected chi connectivity index (χ3v) is 2.28. The van der Waals surface area contributed by atoms with E-state index in [0.717, 1.165) is 6.54 Å². The molecule has 5 heteroatoms. The van der Waals surface area contributed by atoms with Crippen molar-refractivity contribution in [2.24, 2.45) is 0 Å². The van der Waals surface area contributed by atoms with Gasteiger partial charge in [-0.05, 0) is 16.7 Å². The second kappa shape index (κ2) is 4.54. The predicted octanol–water partition coefficient (Wildman–Crippen LogP) is 1.42. The van der Waals surface area contributed by atoms with Crippen molar-refractivity contribution in [1.82, 2.24) is 20.6 Å². The maximum Gasteiger partial charge on any atom is 0.263 e. The van der Waals surface area contributed by atoms with Gasteiger partial charge in [-0.1, -0.05) is 42.4 Å². The number of nitrogens with zero attached hydrogens (tertiary/aromatic N) is 3. The Bertz CT molecular complexity index is 383. The molecule has 1 aromatic carbocycles. The standard InChI is InChI=1S/C10H13N5/c1-8(9-5-3-2-4-6-9)7-11-10-12-14-15-13-10/h2-6,8H,7H2,1H3,(H2,11,12,13,14,15). The molecule has 0 bridgehead atoms. The van der Waals surface area contributed by atoms with Gasteiger partial charge in [-0.25, -0.2) is 0 Å². The van der Waals surface area contributed by atoms with Gasteiger partial charge >= 0.3 is 0 Å². The number of hydrogen-bond donors (Lipinski definition) is 2. The second-order valence-corrected chi connectivity index (χ2v) is 3.43. The van der Waals surface area contributed by atoms with E-state index < -0.39 is 0 Å². The van der Waals surface area contributed by atoms with Crippen molar-refractivity contribution >= 4 is 5.95 Å². The highest BCUT2D eigenvalue weighted by Crippen LogP contribution is 2.14. The molecule has 0 spiro atoms. The molecular weight excluding hydrogens is 190 g/mol. The second-order valence-electron chi connectivity index (χ2n) is 3.43. The Morgan fingerprint density at radius 2 is 2.13 bits per heavy atom. The van der Waals surface area contributed by atoms with Crippen LogP contribution in [0, 0.1) is 0 Å². The van der Waals surface area contributed by atoms with Gasteiger partial charge in [0.15, 0.2) is 0 Å². The first kappa shape index (κ1) is 9.64. The lowest BCUT2D eigenvalue weighted by Crippen LogP contribution is -2.10. The maximum atomic E-state index is 3.82. The summed E-state index contributed by atoms with van der Waals surface area (Å²) in [5, 5.41) is 16.6. The lowest BCUT2D eigenvalue weighted by Gasteiger charge is -2.11. The summed E-state index contributed by atoms with van der Waals surface area (Å²) in [5.41, 5.74) is 1.30. The molecule has 0 amide bonds. The van der Waals surface area contributed by atoms with Crippen LogP contribution in [-0.4, -0.2) is 27.2 Å². The summed E-state index contributed by atoms with van der Waals surface area (Å²) in [6.45, 7) is 2.95. The third kappa shape index (κ3) is 2.52. The minimum atomic E-state index is 0.421. The number of aromatic amines is 1. The molecule has 2 rings (SSSR count). The zero-order chi connectivity index (χ0) is 10.5. The minimum Gasteiger partial charge on any atom is -0.351 e. The Hall–Kier alpha value is -1.91. The molecule has 0 saturated carbocycles. The summed E-state index contributed by atoms with van der Waals surface area (Å²) >= 11 is 0. The normalized spacial score (nSPS) is 12.3. The molecule has 78 valence electrons. The molecule has 1 atom stereocenters. The lowest BCUT2D eigenvalue weighted by molar-refractivity contribution is 0.797. The van der Waals surface area contributed by atoms with Gasteiger partial charge in [0.2, 0.25) is 0 Å². The summed E-state index contributed by atoms with van der Waals surface area (Å²) < 4.78 is 0. The number of hydrogen-bond acceptors (Lipinski definition) is 4. The first-order chi connectivity index (χ1) is 7.36. The van der Waals surface area contributed by atoms with Crippen molar-refractivity contribution in [3.8, 4) is 0 Å². The van der Waals surface area contributed by atoms with Crippen molar-refractivity contribution < 1.29 is 0 Å². The molecule has 1 unspecified atom stereocenters. The lowest BCUT2D eigenvalue weighted by atomic mass is 10.0. The van der Waals surface area contributed by atoms with E-state index in [4.69, 9.17) is 0 Å². The smallest absolute Gasteiger partial charge is 0.263 e. The minimum absolute atomic E-state index is 0.421. The van der Waals surface area contributed by atoms with Gasteiger partial charge in [-0.3, -0.25) is 0 Å². The summed E-state index contributed by atoms with van der Waals surface area (Å²) in [6.07, 6.45) is 0. The highest BCUT2D eigenvalue weighted by molar-refractivity contribution is 5.24. The topological polar surface area (TPSA) is 66.5 Å². The van der Waals surface area contributed by atoms with Crippen molar-refractivity contribution in [2.75, 3.05) is 11.9 Å². The summed E-state index contributed by atoms with van der Waals surface area (Å²) in [7, 11) is 0. The van der Waals surface area contributed by atoms with Crippen LogP contribution in [-0.2, 0) is 0 Å². The fourth-order valence-electron chi connectivity index (χ4n) is 1.38. The average molecular weight is 203 g/mol. The monoisotopic (exact) mass is 203 g/mol. The van der Waals surface area contributed by atoms with Crippen LogP contribution in [0.25, 0.3) is 0 Å². The Kier molecular flexibility index (Phi) is 2.92. The van der Waals surface area contributed by atoms with Gasteiger partial charge < -0.3 is 5.32 Å². The third-order valence-electron chi connectivity index (χ3n) is 2.28. The highest BCUT2D eigenvalue weighted by Gasteiger charge is 2.05. The fraction of sp³-hybridized carbons (Fsp3) is 0.300. The molecule has 1 heterocycles. The summed E-state index contributed by atoms with van der Waals surface area (Å²) in [5.74, 6) is 0.961. The van der Waals surface area contributed by atoms with Crippen LogP contribution in [0.15, 0.2) is 30.3 Å². The predicted molar refractivity (Wildman–Crippen MR) is 57.5 cm³/mol. The number of H-pyrrole nitrogens is 1. The zero-order valence-electron chi connectivity index (χ0n) is 8.51. The molecule has 0 radical (unpaired) electrons. The van der Waals surface area contributed by atoms with Crippen LogP contribution in [0.1, 0.15) is 18.4 Å². The summed E-state index contributed by atoms with van der Waals surface area (Å²) in [4.78, 5) is 0. The van der Waals surface area contributed by atoms with Crippen molar-refractivity contribution in [3.63, 3.8) is 0 Å². The van der Waals surface area contributed by atoms with Gasteiger partial charge in [0.1, 0.15) is 0 Å². The van der Waals surface area contributed by atoms with Gasteiger partial charge in [0, 0.05) is 6.54 Å². The van der Waals surface area contributed by atoms with Gasteiger partial charge in [-0.2, -0.15) is 5.21 Å². The van der Waals surface area contributed by atoms with E-state index in [1.54, 1.807) is 0 Å². The first-order valence-electron chi connectivity index (χ1n) is 4.88. The van der Waals surface area contributed by atoms with E-state index >= 15 is 0 Å². The molecular formula is C10H13N5. The summed E-state index contributed by atoms with van der Waals surface area (Å²) in [6, 6.07) is 10.3. The van der Waals surface area contributed by atoms with Gasteiger partial charge in [0.25, 0.3) is 5.95 Å². The van der Waals surface area contributed by atoms with Crippen LogP contribution in [0.4, 0.5) is 5.95 Å². The molecule has 2 N–H and O–H groups in total. The number of aromatic nitrogens is 4. The SMILES string of the molecule is CC(CNc1nn[nH]n1)c1ccccc1. The van der Waals surface area contributed by atoms with E-state index in [0.29, 0.717) is 11.9 Å². The fourth-order valence-corrected chi connectivity index (χ4v) is 1.38. The van der Waals surface area contributed by atoms with Gasteiger partial charge in [0.05, 0.1) is 0 Å². The number of rotatable bonds is 4. The quantitative estimate of drug-likeness (QED) is 0.788. The molecule has 5 nitrogen and oxygen atoms in total. The van der Waals surface area contributed by atoms with Crippen LogP contribution in [0.2, 0.25) is 0 Å². The first-order valence-corrected chi connectivity index (χ1v) is 4.88. The van der Waals surface area contributed by atoms with Crippen molar-refractivity contribution in [1.29, 1.82) is 0 Å². The molecule has 0 fully saturated rings. The average Bonchev–Trinajstić information content (AvgIpc) is 2.80. The van der Waals surface area contributed by atoms with Crippen molar-refractivity contribution in [3.05, 3.63) is 35.9 Å². The van der Waals surface area contributed by atoms with E-state index in [-0.39, 0.29) is 0 Å². The van der Waals surface area contributed by atoms with Crippen LogP contribution < -0.4 is 5.32 Å². The molecule has 2 aromatic rings. The number of anilines is 1. The van der Waals surface area contributed by atoms with Crippen LogP contribution >= 0.6 is 0 Å². The molecule has 1 aromatic heterocycles. The largest absolute Gasteiger partial charge is 0.351 e. The Morgan fingerprint density at radius 1 is 1.33 bits per heavy atom. The Morgan fingerprint density at radius 3 is 2.80 bits per heavy atom. The number of benzene rings is 1. The van der Waals surface area contributed by atoms with E-state index in [1.165, 1.54) is 5.56 Å².